The van der Waals surface area contributed by atoms with Gasteiger partial charge in [-0.1, -0.05) is 36.8 Å². The van der Waals surface area contributed by atoms with Crippen LogP contribution in [0, 0.1) is 18.8 Å². The van der Waals surface area contributed by atoms with E-state index in [0.29, 0.717) is 18.8 Å². The molecule has 2 aliphatic heterocycles. The number of nitrogens with zero attached hydrogens (tertiary/aromatic N) is 2. The Kier molecular flexibility index (Phi) is 6.30. The lowest BCUT2D eigenvalue weighted by Gasteiger charge is -2.43. The predicted molar refractivity (Wildman–Crippen MR) is 122 cm³/mol. The summed E-state index contributed by atoms with van der Waals surface area (Å²) in [5, 5.41) is 0. The van der Waals surface area contributed by atoms with Crippen molar-refractivity contribution in [3.63, 3.8) is 0 Å². The molecule has 0 aliphatic carbocycles. The lowest BCUT2D eigenvalue weighted by Crippen LogP contribution is -2.50. The molecule has 0 N–H and O–H groups in total. The number of anilines is 1. The molecule has 0 saturated carbocycles. The summed E-state index contributed by atoms with van der Waals surface area (Å²) in [5.41, 5.74) is 2.96. The number of amides is 2. The van der Waals surface area contributed by atoms with Gasteiger partial charge in [0, 0.05) is 25.2 Å². The summed E-state index contributed by atoms with van der Waals surface area (Å²) in [5.74, 6) is 1.43. The fourth-order valence-electron chi connectivity index (χ4n) is 4.81. The molecular weight excluding hydrogens is 388 g/mol. The number of aryl methyl sites for hydroxylation is 1. The first kappa shape index (κ1) is 21.4. The Morgan fingerprint density at radius 2 is 1.61 bits per heavy atom. The molecular formula is C26H32N2O3. The number of rotatable bonds is 4. The zero-order valence-electron chi connectivity index (χ0n) is 18.7. The van der Waals surface area contributed by atoms with Crippen LogP contribution in [0.4, 0.5) is 5.69 Å². The quantitative estimate of drug-likeness (QED) is 0.717. The van der Waals surface area contributed by atoms with Crippen molar-refractivity contribution in [2.75, 3.05) is 25.1 Å². The van der Waals surface area contributed by atoms with Gasteiger partial charge < -0.3 is 14.5 Å². The van der Waals surface area contributed by atoms with E-state index in [0.717, 1.165) is 48.5 Å². The molecule has 0 radical (unpaired) electrons. The fourth-order valence-corrected chi connectivity index (χ4v) is 4.81. The van der Waals surface area contributed by atoms with E-state index in [4.69, 9.17) is 4.74 Å². The highest BCUT2D eigenvalue weighted by atomic mass is 16.5. The summed E-state index contributed by atoms with van der Waals surface area (Å²) in [6.07, 6.45) is 3.07. The Bertz CT molecular complexity index is 915. The molecule has 2 fully saturated rings. The number of hydrogen-bond donors (Lipinski definition) is 0. The number of benzene rings is 2. The Balaban J connectivity index is 1.72. The fraction of sp³-hybridized carbons (Fsp3) is 0.462. The first-order valence-corrected chi connectivity index (χ1v) is 11.3. The summed E-state index contributed by atoms with van der Waals surface area (Å²) in [7, 11) is 1.64. The van der Waals surface area contributed by atoms with E-state index in [9.17, 15) is 9.59 Å². The normalized spacial score (nSPS) is 22.5. The van der Waals surface area contributed by atoms with Gasteiger partial charge in [-0.15, -0.1) is 0 Å². The number of likely N-dealkylation sites (tertiary alicyclic amines) is 1. The van der Waals surface area contributed by atoms with Crippen LogP contribution in [-0.2, 0) is 9.59 Å². The standard InChI is InChI=1S/C26H32N2O3/c1-18-4-8-21(9-5-18)28-24(29)13-12-23(26(30)27-16-14-19(2)15-17-27)25(28)20-6-10-22(31-3)11-7-20/h4-11,19,23,25H,12-17H2,1-3H3. The van der Waals surface area contributed by atoms with E-state index in [-0.39, 0.29) is 23.8 Å². The van der Waals surface area contributed by atoms with Crippen LogP contribution in [0.25, 0.3) is 0 Å². The summed E-state index contributed by atoms with van der Waals surface area (Å²) >= 11 is 0. The predicted octanol–water partition coefficient (Wildman–Crippen LogP) is 4.75. The number of carbonyl (C=O) groups excluding carboxylic acids is 2. The molecule has 4 rings (SSSR count). The van der Waals surface area contributed by atoms with Crippen LogP contribution in [0.2, 0.25) is 0 Å². The topological polar surface area (TPSA) is 49.9 Å². The molecule has 0 spiro atoms. The van der Waals surface area contributed by atoms with Crippen LogP contribution in [0.3, 0.4) is 0 Å². The third-order valence-electron chi connectivity index (χ3n) is 6.78. The van der Waals surface area contributed by atoms with Crippen LogP contribution in [0.1, 0.15) is 49.8 Å². The second kappa shape index (κ2) is 9.13. The van der Waals surface area contributed by atoms with Gasteiger partial charge in [0.2, 0.25) is 11.8 Å². The molecule has 2 aliphatic rings. The van der Waals surface area contributed by atoms with Gasteiger partial charge in [-0.3, -0.25) is 9.59 Å². The molecule has 0 bridgehead atoms. The van der Waals surface area contributed by atoms with Gasteiger partial charge in [-0.05, 0) is 61.9 Å². The highest BCUT2D eigenvalue weighted by Gasteiger charge is 2.43. The van der Waals surface area contributed by atoms with Crippen LogP contribution in [-0.4, -0.2) is 36.9 Å². The minimum absolute atomic E-state index is 0.0704. The van der Waals surface area contributed by atoms with Gasteiger partial charge in [0.15, 0.2) is 0 Å². The van der Waals surface area contributed by atoms with Gasteiger partial charge in [0.05, 0.1) is 19.1 Å². The number of piperidine rings is 2. The van der Waals surface area contributed by atoms with E-state index in [2.05, 4.69) is 6.92 Å². The van der Waals surface area contributed by atoms with Crippen molar-refractivity contribution in [1.29, 1.82) is 0 Å². The molecule has 31 heavy (non-hydrogen) atoms. The van der Waals surface area contributed by atoms with Crippen molar-refractivity contribution in [2.45, 2.75) is 45.6 Å². The zero-order chi connectivity index (χ0) is 22.0. The monoisotopic (exact) mass is 420 g/mol. The molecule has 164 valence electrons. The molecule has 2 aromatic rings. The van der Waals surface area contributed by atoms with Gasteiger partial charge >= 0.3 is 0 Å². The molecule has 2 amide bonds. The largest absolute Gasteiger partial charge is 0.497 e. The van der Waals surface area contributed by atoms with Crippen molar-refractivity contribution >= 4 is 17.5 Å². The van der Waals surface area contributed by atoms with Crippen molar-refractivity contribution in [3.8, 4) is 5.75 Å². The van der Waals surface area contributed by atoms with Gasteiger partial charge in [0.1, 0.15) is 5.75 Å². The highest BCUT2D eigenvalue weighted by Crippen LogP contribution is 2.41. The number of hydrogen-bond acceptors (Lipinski definition) is 3. The molecule has 2 heterocycles. The Labute approximate surface area is 185 Å². The maximum atomic E-state index is 13.7. The Hall–Kier alpha value is -2.82. The molecule has 5 nitrogen and oxygen atoms in total. The molecule has 2 aromatic carbocycles. The first-order valence-electron chi connectivity index (χ1n) is 11.3. The third-order valence-corrected chi connectivity index (χ3v) is 6.78. The second-order valence-electron chi connectivity index (χ2n) is 8.97. The first-order chi connectivity index (χ1) is 15.0. The Morgan fingerprint density at radius 1 is 0.968 bits per heavy atom. The van der Waals surface area contributed by atoms with Gasteiger partial charge in [0.25, 0.3) is 0 Å². The highest BCUT2D eigenvalue weighted by molar-refractivity contribution is 5.97. The van der Waals surface area contributed by atoms with E-state index < -0.39 is 0 Å². The minimum Gasteiger partial charge on any atom is -0.497 e. The molecule has 2 unspecified atom stereocenters. The number of methoxy groups -OCH3 is 1. The number of ether oxygens (including phenoxy) is 1. The van der Waals surface area contributed by atoms with Crippen molar-refractivity contribution in [3.05, 3.63) is 59.7 Å². The Morgan fingerprint density at radius 3 is 2.23 bits per heavy atom. The average Bonchev–Trinajstić information content (AvgIpc) is 2.80. The second-order valence-corrected chi connectivity index (χ2v) is 8.97. The van der Waals surface area contributed by atoms with Crippen LogP contribution >= 0.6 is 0 Å². The SMILES string of the molecule is COc1ccc(C2C(C(=O)N3CCC(C)CC3)CCC(=O)N2c2ccc(C)cc2)cc1. The van der Waals surface area contributed by atoms with Crippen LogP contribution in [0.5, 0.6) is 5.75 Å². The maximum absolute atomic E-state index is 13.7. The molecule has 5 heteroatoms. The van der Waals surface area contributed by atoms with Crippen molar-refractivity contribution in [2.24, 2.45) is 11.8 Å². The lowest BCUT2D eigenvalue weighted by atomic mass is 9.82. The number of carbonyl (C=O) groups is 2. The molecule has 2 saturated heterocycles. The summed E-state index contributed by atoms with van der Waals surface area (Å²) in [4.78, 5) is 30.7. The third kappa shape index (κ3) is 4.46. The van der Waals surface area contributed by atoms with Crippen LogP contribution in [0.15, 0.2) is 48.5 Å². The molecule has 2 atom stereocenters. The minimum atomic E-state index is -0.318. The summed E-state index contributed by atoms with van der Waals surface area (Å²) in [6.45, 7) is 5.90. The molecule has 0 aromatic heterocycles. The maximum Gasteiger partial charge on any atom is 0.228 e. The van der Waals surface area contributed by atoms with E-state index in [1.807, 2.05) is 65.3 Å². The lowest BCUT2D eigenvalue weighted by molar-refractivity contribution is -0.139. The summed E-state index contributed by atoms with van der Waals surface area (Å²) < 4.78 is 5.33. The average molecular weight is 421 g/mol. The smallest absolute Gasteiger partial charge is 0.228 e. The summed E-state index contributed by atoms with van der Waals surface area (Å²) in [6, 6.07) is 15.5. The van der Waals surface area contributed by atoms with E-state index in [1.54, 1.807) is 7.11 Å². The van der Waals surface area contributed by atoms with Crippen molar-refractivity contribution in [1.82, 2.24) is 4.90 Å². The van der Waals surface area contributed by atoms with Gasteiger partial charge in [-0.2, -0.15) is 0 Å². The van der Waals surface area contributed by atoms with E-state index >= 15 is 0 Å². The van der Waals surface area contributed by atoms with E-state index in [1.165, 1.54) is 0 Å². The zero-order valence-corrected chi connectivity index (χ0v) is 18.7. The van der Waals surface area contributed by atoms with Crippen LogP contribution < -0.4 is 9.64 Å². The van der Waals surface area contributed by atoms with Gasteiger partial charge in [-0.25, -0.2) is 0 Å². The van der Waals surface area contributed by atoms with Crippen molar-refractivity contribution < 1.29 is 14.3 Å².